The van der Waals surface area contributed by atoms with Gasteiger partial charge in [0.15, 0.2) is 6.61 Å². The molecule has 28 heavy (non-hydrogen) atoms. The van der Waals surface area contributed by atoms with Crippen molar-refractivity contribution in [1.82, 2.24) is 5.32 Å². The monoisotopic (exact) mass is 386 g/mol. The summed E-state index contributed by atoms with van der Waals surface area (Å²) in [6.45, 7) is 6.35. The number of anilines is 1. The van der Waals surface area contributed by atoms with E-state index in [1.165, 1.54) is 6.42 Å². The molecule has 1 aromatic carbocycles. The largest absolute Gasteiger partial charge is 0.455 e. The third-order valence-corrected chi connectivity index (χ3v) is 6.20. The topological polar surface area (TPSA) is 75.7 Å². The Kier molecular flexibility index (Phi) is 6.37. The number of nitrogens with one attached hydrogen (secondary N) is 1. The summed E-state index contributed by atoms with van der Waals surface area (Å²) in [6.07, 6.45) is 3.38. The second kappa shape index (κ2) is 8.76. The SMILES string of the molecule is Cc1ccc(N2CC(C(=O)OCC(=O)NC3CCCC(C)C3C)CC2=O)cc1. The molecule has 1 N–H and O–H groups in total. The van der Waals surface area contributed by atoms with Crippen molar-refractivity contribution in [2.75, 3.05) is 18.1 Å². The van der Waals surface area contributed by atoms with E-state index >= 15 is 0 Å². The van der Waals surface area contributed by atoms with Gasteiger partial charge in [0.25, 0.3) is 5.91 Å². The number of hydrogen-bond acceptors (Lipinski definition) is 4. The molecule has 1 aliphatic carbocycles. The standard InChI is InChI=1S/C22H30N2O4/c1-14-7-9-18(10-8-14)24-12-17(11-21(24)26)22(27)28-13-20(25)23-19-6-4-5-15(2)16(19)3/h7-10,15-17,19H,4-6,11-13H2,1-3H3,(H,23,25). The van der Waals surface area contributed by atoms with Crippen LogP contribution in [0.25, 0.3) is 0 Å². The van der Waals surface area contributed by atoms with E-state index in [4.69, 9.17) is 4.74 Å². The summed E-state index contributed by atoms with van der Waals surface area (Å²) in [7, 11) is 0. The molecule has 6 heteroatoms. The minimum atomic E-state index is -0.532. The van der Waals surface area contributed by atoms with E-state index < -0.39 is 11.9 Å². The van der Waals surface area contributed by atoms with Gasteiger partial charge in [0.05, 0.1) is 5.92 Å². The van der Waals surface area contributed by atoms with Crippen molar-refractivity contribution in [1.29, 1.82) is 0 Å². The Labute approximate surface area is 166 Å². The fourth-order valence-corrected chi connectivity index (χ4v) is 4.13. The first-order chi connectivity index (χ1) is 13.3. The number of amides is 2. The molecule has 2 amide bonds. The lowest BCUT2D eigenvalue weighted by Crippen LogP contribution is -2.45. The van der Waals surface area contributed by atoms with Crippen LogP contribution in [-0.2, 0) is 19.1 Å². The molecule has 1 aromatic rings. The molecule has 0 spiro atoms. The zero-order valence-electron chi connectivity index (χ0n) is 16.9. The highest BCUT2D eigenvalue weighted by molar-refractivity contribution is 5.99. The lowest BCUT2D eigenvalue weighted by molar-refractivity contribution is -0.152. The molecule has 152 valence electrons. The Morgan fingerprint density at radius 1 is 1.18 bits per heavy atom. The van der Waals surface area contributed by atoms with E-state index in [2.05, 4.69) is 19.2 Å². The number of hydrogen-bond donors (Lipinski definition) is 1. The van der Waals surface area contributed by atoms with E-state index in [0.717, 1.165) is 24.1 Å². The quantitative estimate of drug-likeness (QED) is 0.790. The van der Waals surface area contributed by atoms with Gasteiger partial charge >= 0.3 is 5.97 Å². The van der Waals surface area contributed by atoms with Gasteiger partial charge in [-0.15, -0.1) is 0 Å². The van der Waals surface area contributed by atoms with E-state index in [1.807, 2.05) is 31.2 Å². The van der Waals surface area contributed by atoms with Crippen molar-refractivity contribution in [3.8, 4) is 0 Å². The van der Waals surface area contributed by atoms with Gasteiger partial charge in [0.2, 0.25) is 5.91 Å². The number of benzene rings is 1. The van der Waals surface area contributed by atoms with Crippen LogP contribution in [-0.4, -0.2) is 37.0 Å². The first kappa shape index (κ1) is 20.4. The van der Waals surface area contributed by atoms with Gasteiger partial charge in [0, 0.05) is 24.7 Å². The Morgan fingerprint density at radius 2 is 1.89 bits per heavy atom. The summed E-state index contributed by atoms with van der Waals surface area (Å²) in [6, 6.07) is 7.76. The number of carbonyl (C=O) groups excluding carboxylic acids is 3. The minimum absolute atomic E-state index is 0.0970. The molecule has 2 fully saturated rings. The van der Waals surface area contributed by atoms with Crippen molar-refractivity contribution in [2.24, 2.45) is 17.8 Å². The first-order valence-electron chi connectivity index (χ1n) is 10.2. The average Bonchev–Trinajstić information content (AvgIpc) is 3.06. The van der Waals surface area contributed by atoms with Gasteiger partial charge in [-0.25, -0.2) is 0 Å². The summed E-state index contributed by atoms with van der Waals surface area (Å²) in [5, 5.41) is 3.00. The molecule has 6 nitrogen and oxygen atoms in total. The maximum absolute atomic E-state index is 12.4. The third kappa shape index (κ3) is 4.72. The minimum Gasteiger partial charge on any atom is -0.455 e. The molecule has 0 radical (unpaired) electrons. The predicted octanol–water partition coefficient (Wildman–Crippen LogP) is 2.83. The van der Waals surface area contributed by atoms with Crippen molar-refractivity contribution in [3.63, 3.8) is 0 Å². The van der Waals surface area contributed by atoms with Crippen LogP contribution in [0.4, 0.5) is 5.69 Å². The molecule has 3 rings (SSSR count). The highest BCUT2D eigenvalue weighted by Gasteiger charge is 2.36. The summed E-state index contributed by atoms with van der Waals surface area (Å²) in [4.78, 5) is 38.4. The Morgan fingerprint density at radius 3 is 2.61 bits per heavy atom. The first-order valence-corrected chi connectivity index (χ1v) is 10.2. The molecule has 0 aromatic heterocycles. The van der Waals surface area contributed by atoms with Gasteiger partial charge in [-0.2, -0.15) is 0 Å². The Balaban J connectivity index is 1.48. The van der Waals surface area contributed by atoms with Gasteiger partial charge in [0.1, 0.15) is 0 Å². The number of nitrogens with zero attached hydrogens (tertiary/aromatic N) is 1. The summed E-state index contributed by atoms with van der Waals surface area (Å²) >= 11 is 0. The highest BCUT2D eigenvalue weighted by atomic mass is 16.5. The van der Waals surface area contributed by atoms with Crippen LogP contribution in [0, 0.1) is 24.7 Å². The number of esters is 1. The van der Waals surface area contributed by atoms with E-state index in [1.54, 1.807) is 4.90 Å². The smallest absolute Gasteiger partial charge is 0.311 e. The molecule has 1 saturated carbocycles. The fraction of sp³-hybridized carbons (Fsp3) is 0.591. The van der Waals surface area contributed by atoms with Crippen LogP contribution in [0.2, 0.25) is 0 Å². The van der Waals surface area contributed by atoms with E-state index in [-0.39, 0.29) is 30.9 Å². The Hall–Kier alpha value is -2.37. The number of aryl methyl sites for hydroxylation is 1. The third-order valence-electron chi connectivity index (χ3n) is 6.20. The molecule has 0 bridgehead atoms. The summed E-state index contributed by atoms with van der Waals surface area (Å²) in [5.41, 5.74) is 1.89. The number of rotatable bonds is 5. The summed E-state index contributed by atoms with van der Waals surface area (Å²) < 4.78 is 5.21. The van der Waals surface area contributed by atoms with Crippen molar-refractivity contribution >= 4 is 23.5 Å². The van der Waals surface area contributed by atoms with Gasteiger partial charge < -0.3 is 15.0 Å². The maximum atomic E-state index is 12.4. The Bertz CT molecular complexity index is 731. The van der Waals surface area contributed by atoms with Crippen LogP contribution < -0.4 is 10.2 Å². The van der Waals surface area contributed by atoms with Crippen molar-refractivity contribution in [3.05, 3.63) is 29.8 Å². The van der Waals surface area contributed by atoms with Gasteiger partial charge in [-0.3, -0.25) is 14.4 Å². The summed E-state index contributed by atoms with van der Waals surface area (Å²) in [5.74, 6) is -0.375. The van der Waals surface area contributed by atoms with Gasteiger partial charge in [-0.1, -0.05) is 44.4 Å². The molecular formula is C22H30N2O4. The fourth-order valence-electron chi connectivity index (χ4n) is 4.13. The van der Waals surface area contributed by atoms with Crippen molar-refractivity contribution < 1.29 is 19.1 Å². The second-order valence-corrected chi connectivity index (χ2v) is 8.29. The van der Waals surface area contributed by atoms with Crippen molar-refractivity contribution in [2.45, 2.75) is 52.5 Å². The van der Waals surface area contributed by atoms with Gasteiger partial charge in [-0.05, 0) is 37.3 Å². The van der Waals surface area contributed by atoms with E-state index in [9.17, 15) is 14.4 Å². The lowest BCUT2D eigenvalue weighted by atomic mass is 9.78. The molecule has 4 unspecified atom stereocenters. The second-order valence-electron chi connectivity index (χ2n) is 8.29. The van der Waals surface area contributed by atoms with Crippen LogP contribution in [0.5, 0.6) is 0 Å². The molecule has 2 aliphatic rings. The molecule has 1 heterocycles. The average molecular weight is 386 g/mol. The number of carbonyl (C=O) groups is 3. The van der Waals surface area contributed by atoms with Crippen LogP contribution in [0.3, 0.4) is 0 Å². The zero-order chi connectivity index (χ0) is 20.3. The number of ether oxygens (including phenoxy) is 1. The highest BCUT2D eigenvalue weighted by Crippen LogP contribution is 2.29. The predicted molar refractivity (Wildman–Crippen MR) is 107 cm³/mol. The zero-order valence-corrected chi connectivity index (χ0v) is 16.9. The molecule has 4 atom stereocenters. The van der Waals surface area contributed by atoms with Crippen LogP contribution in [0.1, 0.15) is 45.1 Å². The van der Waals surface area contributed by atoms with E-state index in [0.29, 0.717) is 18.4 Å². The molecular weight excluding hydrogens is 356 g/mol. The molecule has 1 aliphatic heterocycles. The molecule has 1 saturated heterocycles. The normalized spacial score (nSPS) is 27.5. The van der Waals surface area contributed by atoms with Crippen LogP contribution >= 0.6 is 0 Å². The maximum Gasteiger partial charge on any atom is 0.311 e. The lowest BCUT2D eigenvalue weighted by Gasteiger charge is -2.34. The van der Waals surface area contributed by atoms with Crippen LogP contribution in [0.15, 0.2) is 24.3 Å².